The highest BCUT2D eigenvalue weighted by atomic mass is 16.3. The molecule has 2 unspecified atom stereocenters. The first kappa shape index (κ1) is 16.2. The molecule has 0 saturated carbocycles. The van der Waals surface area contributed by atoms with Gasteiger partial charge in [-0.2, -0.15) is 5.10 Å². The number of hydrogen-bond acceptors (Lipinski definition) is 4. The third-order valence-corrected chi connectivity index (χ3v) is 3.43. The summed E-state index contributed by atoms with van der Waals surface area (Å²) in [6.07, 6.45) is 4.20. The van der Waals surface area contributed by atoms with Gasteiger partial charge < -0.3 is 10.4 Å². The van der Waals surface area contributed by atoms with Crippen LogP contribution in [0.25, 0.3) is 0 Å². The first-order valence-corrected chi connectivity index (χ1v) is 7.50. The SMILES string of the molecule is CC(CC(O)c1ccccc1)NC(=O)CCCn1cncn1. The van der Waals surface area contributed by atoms with Crippen LogP contribution in [0.1, 0.15) is 37.9 Å². The molecule has 2 aromatic rings. The maximum absolute atomic E-state index is 11.9. The Morgan fingerprint density at radius 1 is 1.36 bits per heavy atom. The Labute approximate surface area is 130 Å². The van der Waals surface area contributed by atoms with Crippen molar-refractivity contribution in [2.24, 2.45) is 0 Å². The summed E-state index contributed by atoms with van der Waals surface area (Å²) in [5.74, 6) is -0.00660. The Bertz CT molecular complexity index is 557. The van der Waals surface area contributed by atoms with E-state index in [0.29, 0.717) is 25.8 Å². The highest BCUT2D eigenvalue weighted by Gasteiger charge is 2.14. The summed E-state index contributed by atoms with van der Waals surface area (Å²) < 4.78 is 1.70. The minimum atomic E-state index is -0.563. The second-order valence-corrected chi connectivity index (χ2v) is 5.39. The number of nitrogens with one attached hydrogen (secondary N) is 1. The lowest BCUT2D eigenvalue weighted by molar-refractivity contribution is -0.122. The maximum Gasteiger partial charge on any atom is 0.220 e. The Hall–Kier alpha value is -2.21. The van der Waals surface area contributed by atoms with Crippen molar-refractivity contribution in [3.05, 3.63) is 48.5 Å². The average Bonchev–Trinajstić information content (AvgIpc) is 3.01. The van der Waals surface area contributed by atoms with Gasteiger partial charge in [-0.05, 0) is 25.3 Å². The molecule has 1 aromatic heterocycles. The van der Waals surface area contributed by atoms with E-state index < -0.39 is 6.10 Å². The van der Waals surface area contributed by atoms with Crippen LogP contribution >= 0.6 is 0 Å². The quantitative estimate of drug-likeness (QED) is 0.777. The summed E-state index contributed by atoms with van der Waals surface area (Å²) in [4.78, 5) is 15.7. The normalized spacial score (nSPS) is 13.5. The van der Waals surface area contributed by atoms with Crippen molar-refractivity contribution in [3.63, 3.8) is 0 Å². The number of amides is 1. The number of aromatic nitrogens is 3. The molecule has 0 aliphatic heterocycles. The van der Waals surface area contributed by atoms with Crippen molar-refractivity contribution < 1.29 is 9.90 Å². The number of carbonyl (C=O) groups excluding carboxylic acids is 1. The van der Waals surface area contributed by atoms with Crippen LogP contribution in [0.4, 0.5) is 0 Å². The number of carbonyl (C=O) groups is 1. The lowest BCUT2D eigenvalue weighted by atomic mass is 10.0. The predicted octanol–water partition coefficient (Wildman–Crippen LogP) is 1.69. The van der Waals surface area contributed by atoms with Gasteiger partial charge in [0.05, 0.1) is 6.10 Å². The van der Waals surface area contributed by atoms with Gasteiger partial charge >= 0.3 is 0 Å². The van der Waals surface area contributed by atoms with Gasteiger partial charge in [-0.25, -0.2) is 4.98 Å². The zero-order valence-electron chi connectivity index (χ0n) is 12.7. The maximum atomic E-state index is 11.9. The fraction of sp³-hybridized carbons (Fsp3) is 0.438. The third-order valence-electron chi connectivity index (χ3n) is 3.43. The Morgan fingerprint density at radius 2 is 2.14 bits per heavy atom. The number of rotatable bonds is 8. The van der Waals surface area contributed by atoms with E-state index in [1.165, 1.54) is 6.33 Å². The first-order valence-electron chi connectivity index (χ1n) is 7.50. The number of aryl methyl sites for hydroxylation is 1. The van der Waals surface area contributed by atoms with Gasteiger partial charge in [-0.15, -0.1) is 0 Å². The van der Waals surface area contributed by atoms with E-state index in [9.17, 15) is 9.90 Å². The monoisotopic (exact) mass is 302 g/mol. The molecule has 6 nitrogen and oxygen atoms in total. The van der Waals surface area contributed by atoms with Crippen molar-refractivity contribution in [3.8, 4) is 0 Å². The molecule has 0 aliphatic rings. The summed E-state index contributed by atoms with van der Waals surface area (Å²) in [6, 6.07) is 9.40. The van der Waals surface area contributed by atoms with Crippen molar-refractivity contribution in [2.45, 2.75) is 44.9 Å². The average molecular weight is 302 g/mol. The molecule has 22 heavy (non-hydrogen) atoms. The molecule has 1 heterocycles. The summed E-state index contributed by atoms with van der Waals surface area (Å²) in [7, 11) is 0. The van der Waals surface area contributed by atoms with Crippen LogP contribution in [0.15, 0.2) is 43.0 Å². The van der Waals surface area contributed by atoms with Gasteiger partial charge in [0.1, 0.15) is 12.7 Å². The van der Waals surface area contributed by atoms with Gasteiger partial charge in [0.2, 0.25) is 5.91 Å². The first-order chi connectivity index (χ1) is 10.6. The van der Waals surface area contributed by atoms with Crippen LogP contribution in [0.2, 0.25) is 0 Å². The van der Waals surface area contributed by atoms with Crippen LogP contribution in [0, 0.1) is 0 Å². The molecule has 2 rings (SSSR count). The molecule has 1 amide bonds. The van der Waals surface area contributed by atoms with E-state index in [1.807, 2.05) is 37.3 Å². The van der Waals surface area contributed by atoms with Gasteiger partial charge in [0.15, 0.2) is 0 Å². The van der Waals surface area contributed by atoms with E-state index in [1.54, 1.807) is 11.0 Å². The fourth-order valence-corrected chi connectivity index (χ4v) is 2.30. The molecular formula is C16H22N4O2. The number of aliphatic hydroxyl groups excluding tert-OH is 1. The molecule has 0 spiro atoms. The summed E-state index contributed by atoms with van der Waals surface area (Å²) in [5.41, 5.74) is 0.870. The number of hydrogen-bond donors (Lipinski definition) is 2. The number of benzene rings is 1. The molecule has 2 N–H and O–H groups in total. The van der Waals surface area contributed by atoms with Crippen LogP contribution < -0.4 is 5.32 Å². The van der Waals surface area contributed by atoms with Crippen LogP contribution in [-0.2, 0) is 11.3 Å². The Kier molecular flexibility index (Phi) is 6.09. The highest BCUT2D eigenvalue weighted by Crippen LogP contribution is 2.17. The van der Waals surface area contributed by atoms with Gasteiger partial charge in [0.25, 0.3) is 0 Å². The highest BCUT2D eigenvalue weighted by molar-refractivity contribution is 5.76. The molecule has 0 radical (unpaired) electrons. The van der Waals surface area contributed by atoms with Crippen molar-refractivity contribution in [1.29, 1.82) is 0 Å². The lowest BCUT2D eigenvalue weighted by Gasteiger charge is -2.18. The van der Waals surface area contributed by atoms with E-state index >= 15 is 0 Å². The van der Waals surface area contributed by atoms with E-state index in [2.05, 4.69) is 15.4 Å². The molecular weight excluding hydrogens is 280 g/mol. The molecule has 2 atom stereocenters. The van der Waals surface area contributed by atoms with Crippen LogP contribution in [0.3, 0.4) is 0 Å². The topological polar surface area (TPSA) is 80.0 Å². The van der Waals surface area contributed by atoms with Crippen molar-refractivity contribution in [1.82, 2.24) is 20.1 Å². The largest absolute Gasteiger partial charge is 0.388 e. The molecule has 0 fully saturated rings. The predicted molar refractivity (Wildman–Crippen MR) is 82.9 cm³/mol. The van der Waals surface area contributed by atoms with Gasteiger partial charge in [-0.3, -0.25) is 9.48 Å². The summed E-state index contributed by atoms with van der Waals surface area (Å²) in [6.45, 7) is 2.58. The fourth-order valence-electron chi connectivity index (χ4n) is 2.30. The van der Waals surface area contributed by atoms with Crippen molar-refractivity contribution >= 4 is 5.91 Å². The summed E-state index contributed by atoms with van der Waals surface area (Å²) >= 11 is 0. The second kappa shape index (κ2) is 8.29. The standard InChI is InChI=1S/C16H22N4O2/c1-13(10-15(21)14-6-3-2-4-7-14)19-16(22)8-5-9-20-12-17-11-18-20/h2-4,6-7,11-13,15,21H,5,8-10H2,1H3,(H,19,22). The minimum absolute atomic E-state index is 0.00660. The minimum Gasteiger partial charge on any atom is -0.388 e. The molecule has 0 saturated heterocycles. The van der Waals surface area contributed by atoms with Gasteiger partial charge in [-0.1, -0.05) is 30.3 Å². The Balaban J connectivity index is 1.67. The second-order valence-electron chi connectivity index (χ2n) is 5.39. The van der Waals surface area contributed by atoms with Crippen LogP contribution in [-0.4, -0.2) is 31.8 Å². The molecule has 0 aliphatic carbocycles. The zero-order valence-corrected chi connectivity index (χ0v) is 12.7. The number of aliphatic hydroxyl groups is 1. The zero-order chi connectivity index (χ0) is 15.8. The van der Waals surface area contributed by atoms with Crippen molar-refractivity contribution in [2.75, 3.05) is 0 Å². The molecule has 118 valence electrons. The molecule has 0 bridgehead atoms. The van der Waals surface area contributed by atoms with Gasteiger partial charge in [0, 0.05) is 19.0 Å². The summed E-state index contributed by atoms with van der Waals surface area (Å²) in [5, 5.41) is 17.0. The van der Waals surface area contributed by atoms with E-state index in [0.717, 1.165) is 5.56 Å². The third kappa shape index (κ3) is 5.29. The Morgan fingerprint density at radius 3 is 2.82 bits per heavy atom. The lowest BCUT2D eigenvalue weighted by Crippen LogP contribution is -2.33. The molecule has 6 heteroatoms. The van der Waals surface area contributed by atoms with E-state index in [-0.39, 0.29) is 11.9 Å². The van der Waals surface area contributed by atoms with E-state index in [4.69, 9.17) is 0 Å². The smallest absolute Gasteiger partial charge is 0.220 e. The number of nitrogens with zero attached hydrogens (tertiary/aromatic N) is 3. The molecule has 1 aromatic carbocycles. The van der Waals surface area contributed by atoms with Crippen LogP contribution in [0.5, 0.6) is 0 Å².